The van der Waals surface area contributed by atoms with Crippen molar-refractivity contribution < 1.29 is 28.3 Å². The fourth-order valence-electron chi connectivity index (χ4n) is 4.05. The number of hydrogen-bond donors (Lipinski definition) is 1. The molecule has 1 aromatic heterocycles. The summed E-state index contributed by atoms with van der Waals surface area (Å²) in [5.41, 5.74) is 0.0660. The fourth-order valence-corrected chi connectivity index (χ4v) is 4.18. The van der Waals surface area contributed by atoms with Crippen LogP contribution in [0.2, 0.25) is 5.02 Å². The van der Waals surface area contributed by atoms with Crippen molar-refractivity contribution in [3.63, 3.8) is 0 Å². The van der Waals surface area contributed by atoms with Crippen LogP contribution in [0, 0.1) is 0 Å². The van der Waals surface area contributed by atoms with Gasteiger partial charge in [0.25, 0.3) is 5.91 Å². The second-order valence-corrected chi connectivity index (χ2v) is 8.97. The Bertz CT molecular complexity index is 1320. The van der Waals surface area contributed by atoms with Crippen LogP contribution in [0.15, 0.2) is 59.0 Å². The first kappa shape index (κ1) is 22.8. The van der Waals surface area contributed by atoms with Gasteiger partial charge in [-0.1, -0.05) is 17.7 Å². The molecule has 0 saturated carbocycles. The van der Waals surface area contributed by atoms with Crippen LogP contribution in [-0.2, 0) is 21.7 Å². The summed E-state index contributed by atoms with van der Waals surface area (Å²) in [6.45, 7) is 1.47. The fraction of sp³-hybridized carbons (Fsp3) is 0.240. The summed E-state index contributed by atoms with van der Waals surface area (Å²) in [4.78, 5) is 41.1. The number of benzene rings is 2. The number of carbonyl (C=O) groups is 3. The van der Waals surface area contributed by atoms with E-state index in [1.165, 1.54) is 4.90 Å². The molecule has 9 nitrogen and oxygen atoms in total. The van der Waals surface area contributed by atoms with Crippen molar-refractivity contribution in [3.05, 3.63) is 70.9 Å². The van der Waals surface area contributed by atoms with Gasteiger partial charge in [0, 0.05) is 17.6 Å². The van der Waals surface area contributed by atoms with Crippen LogP contribution in [-0.4, -0.2) is 48.0 Å². The molecule has 35 heavy (non-hydrogen) atoms. The highest BCUT2D eigenvalue weighted by atomic mass is 35.5. The molecule has 1 atom stereocenters. The molecule has 0 bridgehead atoms. The van der Waals surface area contributed by atoms with Gasteiger partial charge < -0.3 is 24.1 Å². The Morgan fingerprint density at radius 2 is 1.83 bits per heavy atom. The molecule has 1 saturated heterocycles. The average Bonchev–Trinajstić information content (AvgIpc) is 3.55. The molecule has 3 heterocycles. The monoisotopic (exact) mass is 495 g/mol. The maximum atomic E-state index is 13.2. The molecule has 3 aromatic rings. The van der Waals surface area contributed by atoms with Crippen molar-refractivity contribution in [1.29, 1.82) is 0 Å². The second-order valence-electron chi connectivity index (χ2n) is 8.54. The van der Waals surface area contributed by atoms with Crippen molar-refractivity contribution in [2.24, 2.45) is 0 Å². The summed E-state index contributed by atoms with van der Waals surface area (Å²) < 4.78 is 16.5. The number of likely N-dealkylation sites (N-methyl/N-ethyl adjacent to an activating group) is 1. The average molecular weight is 496 g/mol. The molecule has 4 amide bonds. The van der Waals surface area contributed by atoms with E-state index in [0.717, 1.165) is 10.5 Å². The van der Waals surface area contributed by atoms with E-state index in [0.29, 0.717) is 33.6 Å². The first-order chi connectivity index (χ1) is 16.7. The van der Waals surface area contributed by atoms with Gasteiger partial charge in [-0.15, -0.1) is 0 Å². The number of nitrogens with zero attached hydrogens (tertiary/aromatic N) is 2. The van der Waals surface area contributed by atoms with Crippen LogP contribution in [0.4, 0.5) is 4.79 Å². The summed E-state index contributed by atoms with van der Waals surface area (Å²) in [5.74, 6) is 1.34. The molecule has 2 aromatic carbocycles. The van der Waals surface area contributed by atoms with Gasteiger partial charge in [-0.05, 0) is 61.0 Å². The minimum absolute atomic E-state index is 0.0969. The molecule has 1 N–H and O–H groups in total. The minimum Gasteiger partial charge on any atom is -0.459 e. The van der Waals surface area contributed by atoms with Crippen LogP contribution in [0.3, 0.4) is 0 Å². The molecule has 10 heteroatoms. The predicted octanol–water partition coefficient (Wildman–Crippen LogP) is 3.75. The summed E-state index contributed by atoms with van der Waals surface area (Å²) in [7, 11) is 1.59. The molecule has 2 aliphatic rings. The van der Waals surface area contributed by atoms with E-state index in [9.17, 15) is 14.4 Å². The Morgan fingerprint density at radius 1 is 1.09 bits per heavy atom. The van der Waals surface area contributed by atoms with E-state index in [2.05, 4.69) is 5.32 Å². The van der Waals surface area contributed by atoms with E-state index in [1.54, 1.807) is 50.4 Å². The molecule has 0 spiro atoms. The number of hydrogen-bond acceptors (Lipinski definition) is 6. The third kappa shape index (κ3) is 4.19. The smallest absolute Gasteiger partial charge is 0.325 e. The zero-order valence-corrected chi connectivity index (χ0v) is 19.8. The van der Waals surface area contributed by atoms with Gasteiger partial charge in [-0.3, -0.25) is 14.5 Å². The first-order valence-electron chi connectivity index (χ1n) is 10.9. The van der Waals surface area contributed by atoms with Crippen LogP contribution >= 0.6 is 11.6 Å². The summed E-state index contributed by atoms with van der Waals surface area (Å²) >= 11 is 5.93. The minimum atomic E-state index is -1.33. The zero-order valence-electron chi connectivity index (χ0n) is 19.0. The number of rotatable bonds is 6. The molecular formula is C25H22ClN3O6. The van der Waals surface area contributed by atoms with Crippen LogP contribution in [0.1, 0.15) is 18.2 Å². The topological polar surface area (TPSA) is 101 Å². The van der Waals surface area contributed by atoms with Gasteiger partial charge >= 0.3 is 6.03 Å². The summed E-state index contributed by atoms with van der Waals surface area (Å²) in [6.07, 6.45) is 0. The van der Waals surface area contributed by atoms with Crippen LogP contribution in [0.5, 0.6) is 11.5 Å². The van der Waals surface area contributed by atoms with Gasteiger partial charge in [0.15, 0.2) is 11.5 Å². The lowest BCUT2D eigenvalue weighted by atomic mass is 9.91. The van der Waals surface area contributed by atoms with Gasteiger partial charge in [0.1, 0.15) is 23.6 Å². The number of imide groups is 1. The Morgan fingerprint density at radius 3 is 2.60 bits per heavy atom. The lowest BCUT2D eigenvalue weighted by Crippen LogP contribution is -2.43. The molecule has 180 valence electrons. The van der Waals surface area contributed by atoms with Gasteiger partial charge in [-0.2, -0.15) is 0 Å². The third-order valence-corrected chi connectivity index (χ3v) is 6.38. The second kappa shape index (κ2) is 8.66. The van der Waals surface area contributed by atoms with E-state index >= 15 is 0 Å². The van der Waals surface area contributed by atoms with E-state index in [1.807, 2.05) is 18.2 Å². The quantitative estimate of drug-likeness (QED) is 0.523. The molecule has 1 fully saturated rings. The highest BCUT2D eigenvalue weighted by Crippen LogP contribution is 2.37. The highest BCUT2D eigenvalue weighted by Gasteiger charge is 2.50. The standard InChI is InChI=1S/C25H22ClN3O6/c1-25(16-5-9-20-21(11-16)34-14-33-20)23(31)29(24(32)27-25)13-22(30)28(2)12-18-8-10-19(35-18)15-3-6-17(26)7-4-15/h3-11H,12-14H2,1-2H3,(H,27,32)/t25-/m1/s1. The highest BCUT2D eigenvalue weighted by molar-refractivity contribution is 6.30. The molecule has 0 radical (unpaired) electrons. The van der Waals surface area contributed by atoms with Crippen molar-refractivity contribution in [3.8, 4) is 22.8 Å². The number of ether oxygens (including phenoxy) is 2. The Kier molecular flexibility index (Phi) is 5.64. The molecule has 2 aliphatic heterocycles. The number of halogens is 1. The number of carbonyl (C=O) groups excluding carboxylic acids is 3. The van der Waals surface area contributed by atoms with Gasteiger partial charge in [0.05, 0.1) is 6.54 Å². The van der Waals surface area contributed by atoms with Crippen molar-refractivity contribution in [2.75, 3.05) is 20.4 Å². The zero-order chi connectivity index (χ0) is 24.7. The first-order valence-corrected chi connectivity index (χ1v) is 11.3. The maximum absolute atomic E-state index is 13.2. The Balaban J connectivity index is 1.25. The largest absolute Gasteiger partial charge is 0.459 e. The number of nitrogens with one attached hydrogen (secondary N) is 1. The predicted molar refractivity (Wildman–Crippen MR) is 126 cm³/mol. The normalized spacial score (nSPS) is 18.7. The third-order valence-electron chi connectivity index (χ3n) is 6.13. The number of fused-ring (bicyclic) bond motifs is 1. The molecule has 0 unspecified atom stereocenters. The lowest BCUT2D eigenvalue weighted by Gasteiger charge is -2.23. The number of urea groups is 1. The number of amides is 4. The van der Waals surface area contributed by atoms with Crippen molar-refractivity contribution in [2.45, 2.75) is 19.0 Å². The van der Waals surface area contributed by atoms with Crippen molar-refractivity contribution >= 4 is 29.4 Å². The maximum Gasteiger partial charge on any atom is 0.325 e. The lowest BCUT2D eigenvalue weighted by molar-refractivity contribution is -0.138. The van der Waals surface area contributed by atoms with E-state index in [4.69, 9.17) is 25.5 Å². The molecule has 0 aliphatic carbocycles. The van der Waals surface area contributed by atoms with Crippen LogP contribution in [0.25, 0.3) is 11.3 Å². The number of furan rings is 1. The van der Waals surface area contributed by atoms with Gasteiger partial charge in [-0.25, -0.2) is 4.79 Å². The summed E-state index contributed by atoms with van der Waals surface area (Å²) in [5, 5.41) is 3.33. The van der Waals surface area contributed by atoms with Crippen molar-refractivity contribution in [1.82, 2.24) is 15.1 Å². The van der Waals surface area contributed by atoms with E-state index < -0.39 is 29.9 Å². The van der Waals surface area contributed by atoms with Gasteiger partial charge in [0.2, 0.25) is 12.7 Å². The Labute approximate surface area is 206 Å². The molecule has 5 rings (SSSR count). The SMILES string of the molecule is CN(Cc1ccc(-c2ccc(Cl)cc2)o1)C(=O)CN1C(=O)N[C@](C)(c2ccc3c(c2)OCO3)C1=O. The van der Waals surface area contributed by atoms with E-state index in [-0.39, 0.29) is 13.3 Å². The summed E-state index contributed by atoms with van der Waals surface area (Å²) in [6, 6.07) is 15.2. The van der Waals surface area contributed by atoms with Crippen LogP contribution < -0.4 is 14.8 Å². The Hall–Kier alpha value is -3.98. The molecular weight excluding hydrogens is 474 g/mol.